The van der Waals surface area contributed by atoms with Crippen molar-refractivity contribution in [3.63, 3.8) is 0 Å². The Morgan fingerprint density at radius 2 is 1.49 bits per heavy atom. The van der Waals surface area contributed by atoms with Gasteiger partial charge in [-0.3, -0.25) is 33.5 Å². The number of aliphatic hydroxyl groups excluding tert-OH is 1. The number of nitrogens with two attached hydrogens (primary N) is 1. The largest absolute Gasteiger partial charge is 0.508 e. The Balaban J connectivity index is 1.56. The quantitative estimate of drug-likeness (QED) is 0.0699. The van der Waals surface area contributed by atoms with Gasteiger partial charge in [0.05, 0.1) is 12.1 Å². The van der Waals surface area contributed by atoms with Gasteiger partial charge in [0.25, 0.3) is 5.56 Å². The van der Waals surface area contributed by atoms with Crippen LogP contribution in [0.25, 0.3) is 0 Å². The van der Waals surface area contributed by atoms with E-state index in [1.165, 1.54) is 64.2 Å². The van der Waals surface area contributed by atoms with Crippen LogP contribution in [0.1, 0.15) is 44.5 Å². The maximum Gasteiger partial charge on any atom is 0.331 e. The molecule has 2 aromatic carbocycles. The van der Waals surface area contributed by atoms with Crippen LogP contribution in [0.4, 0.5) is 4.79 Å². The van der Waals surface area contributed by atoms with Gasteiger partial charge in [-0.15, -0.1) is 0 Å². The standard InChI is InChI=1S/C39H49N9O13/c1-19(40)32(53)43-27(15-22-7-5-9-24(49)13-22)35(56)47(4)21(3)31(34(55)41-18-26-17-29(51)36(61-26)48-12-11-30(52)45-39(48)60)46-33(54)20(2)42-38(59)44-28(37(57)58)16-23-8-6-10-25(50)14-23/h5-14,18-21,27-29,31,36,49-51H,15-17,40H2,1-4H3,(H,41,55)(H,43,53)(H,46,54)(H,57,58)(H2,42,44,59)(H,45,52,60)/b26-18-/t19-,20-,21-,27?,28?,29+,31-,36+/m0/s1. The number of ether oxygens (including phenoxy) is 1. The van der Waals surface area contributed by atoms with Crippen LogP contribution < -0.4 is 43.6 Å². The number of amides is 6. The molecule has 0 spiro atoms. The van der Waals surface area contributed by atoms with Gasteiger partial charge in [-0.1, -0.05) is 24.3 Å². The summed E-state index contributed by atoms with van der Waals surface area (Å²) in [4.78, 5) is 106. The van der Waals surface area contributed by atoms with E-state index in [0.29, 0.717) is 11.1 Å². The van der Waals surface area contributed by atoms with Crippen LogP contribution in [-0.2, 0) is 41.6 Å². The number of aromatic amines is 1. The molecule has 2 heterocycles. The molecular weight excluding hydrogens is 802 g/mol. The molecule has 61 heavy (non-hydrogen) atoms. The molecule has 0 saturated carbocycles. The van der Waals surface area contributed by atoms with Crippen LogP contribution in [0.2, 0.25) is 0 Å². The maximum absolute atomic E-state index is 14.1. The van der Waals surface area contributed by atoms with Crippen LogP contribution in [0.3, 0.4) is 0 Å². The van der Waals surface area contributed by atoms with Gasteiger partial charge in [-0.2, -0.15) is 0 Å². The number of nitrogens with one attached hydrogen (secondary N) is 6. The number of nitrogens with zero attached hydrogens (tertiary/aromatic N) is 2. The fraction of sp³-hybridized carbons (Fsp3) is 0.385. The lowest BCUT2D eigenvalue weighted by molar-refractivity contribution is -0.140. The highest BCUT2D eigenvalue weighted by atomic mass is 16.5. The zero-order valence-corrected chi connectivity index (χ0v) is 33.5. The number of urea groups is 1. The average molecular weight is 852 g/mol. The second-order valence-electron chi connectivity index (χ2n) is 14.4. The predicted molar refractivity (Wildman–Crippen MR) is 214 cm³/mol. The minimum absolute atomic E-state index is 0.0127. The highest BCUT2D eigenvalue weighted by Crippen LogP contribution is 2.30. The summed E-state index contributed by atoms with van der Waals surface area (Å²) in [5.41, 5.74) is 5.08. The molecule has 3 aromatic rings. The lowest BCUT2D eigenvalue weighted by Gasteiger charge is -2.34. The molecule has 1 aliphatic heterocycles. The molecule has 22 nitrogen and oxygen atoms in total. The first-order chi connectivity index (χ1) is 28.7. The van der Waals surface area contributed by atoms with Gasteiger partial charge in [0.15, 0.2) is 0 Å². The number of benzene rings is 2. The molecule has 1 fully saturated rings. The SMILES string of the molecule is C[C@H](N)C(=O)NC(Cc1cccc(O)c1)C(=O)N(C)[C@@H](C)[C@H](NC(=O)[C@H](C)NC(=O)NC(Cc1cccc(O)c1)C(=O)O)C(=O)N/C=C1/C[C@@H](O)[C@H](n2ccc(=O)[nH]c2=O)O1. The summed E-state index contributed by atoms with van der Waals surface area (Å²) in [7, 11) is 1.31. The minimum Gasteiger partial charge on any atom is -0.508 e. The van der Waals surface area contributed by atoms with Crippen molar-refractivity contribution in [1.82, 2.24) is 41.0 Å². The second-order valence-corrected chi connectivity index (χ2v) is 14.4. The van der Waals surface area contributed by atoms with E-state index in [1.54, 1.807) is 12.1 Å². The second kappa shape index (κ2) is 20.7. The third-order valence-electron chi connectivity index (χ3n) is 9.61. The molecule has 328 valence electrons. The van der Waals surface area contributed by atoms with Crippen molar-refractivity contribution in [3.8, 4) is 11.5 Å². The number of hydrogen-bond donors (Lipinski definition) is 11. The summed E-state index contributed by atoms with van der Waals surface area (Å²) < 4.78 is 6.61. The molecule has 4 rings (SSSR count). The summed E-state index contributed by atoms with van der Waals surface area (Å²) in [6.07, 6.45) is -0.914. The van der Waals surface area contributed by atoms with Gasteiger partial charge in [0.1, 0.15) is 47.5 Å². The van der Waals surface area contributed by atoms with E-state index in [4.69, 9.17) is 10.5 Å². The first-order valence-electron chi connectivity index (χ1n) is 18.9. The van der Waals surface area contributed by atoms with Gasteiger partial charge < -0.3 is 62.4 Å². The molecular formula is C39H49N9O13. The Bertz CT molecular complexity index is 2260. The molecule has 0 bridgehead atoms. The Labute approximate surface area is 347 Å². The van der Waals surface area contributed by atoms with Crippen molar-refractivity contribution in [2.24, 2.45) is 5.73 Å². The van der Waals surface area contributed by atoms with E-state index in [-0.39, 0.29) is 36.5 Å². The summed E-state index contributed by atoms with van der Waals surface area (Å²) in [5, 5.41) is 52.2. The molecule has 12 N–H and O–H groups in total. The van der Waals surface area contributed by atoms with Crippen molar-refractivity contribution >= 4 is 35.6 Å². The normalized spacial score (nSPS) is 18.2. The molecule has 8 atom stereocenters. The number of phenols is 2. The van der Waals surface area contributed by atoms with Gasteiger partial charge in [0.2, 0.25) is 29.9 Å². The smallest absolute Gasteiger partial charge is 0.331 e. The van der Waals surface area contributed by atoms with Crippen LogP contribution >= 0.6 is 0 Å². The number of aliphatic hydroxyl groups is 1. The number of rotatable bonds is 17. The molecule has 0 radical (unpaired) electrons. The lowest BCUT2D eigenvalue weighted by atomic mass is 10.0. The summed E-state index contributed by atoms with van der Waals surface area (Å²) >= 11 is 0. The number of hydrogen-bond acceptors (Lipinski definition) is 13. The lowest BCUT2D eigenvalue weighted by Crippen LogP contribution is -2.62. The van der Waals surface area contributed by atoms with Gasteiger partial charge in [-0.05, 0) is 56.2 Å². The molecule has 1 aromatic heterocycles. The van der Waals surface area contributed by atoms with Crippen LogP contribution in [0.15, 0.2) is 82.3 Å². The third-order valence-corrected chi connectivity index (χ3v) is 9.61. The maximum atomic E-state index is 14.1. The van der Waals surface area contributed by atoms with Crippen LogP contribution in [0.5, 0.6) is 11.5 Å². The number of aromatic hydroxyl groups is 2. The average Bonchev–Trinajstić information content (AvgIpc) is 3.56. The van der Waals surface area contributed by atoms with Crippen molar-refractivity contribution in [2.45, 2.75) is 88.6 Å². The van der Waals surface area contributed by atoms with E-state index in [0.717, 1.165) is 27.9 Å². The van der Waals surface area contributed by atoms with Crippen LogP contribution in [0, 0.1) is 0 Å². The number of carboxylic acid groups (broad SMARTS) is 1. The Kier molecular flexibility index (Phi) is 15.7. The zero-order valence-electron chi connectivity index (χ0n) is 33.5. The number of aromatic nitrogens is 2. The highest BCUT2D eigenvalue weighted by molar-refractivity contribution is 5.94. The topological polar surface area (TPSA) is 337 Å². The number of likely N-dealkylation sites (N-methyl/N-ethyl adjacent to an activating group) is 1. The summed E-state index contributed by atoms with van der Waals surface area (Å²) in [6, 6.07) is 3.69. The van der Waals surface area contributed by atoms with E-state index < -0.39 is 95.5 Å². The van der Waals surface area contributed by atoms with Crippen molar-refractivity contribution in [2.75, 3.05) is 7.05 Å². The van der Waals surface area contributed by atoms with Crippen molar-refractivity contribution < 1.29 is 53.9 Å². The highest BCUT2D eigenvalue weighted by Gasteiger charge is 2.37. The Morgan fingerprint density at radius 1 is 0.885 bits per heavy atom. The van der Waals surface area contributed by atoms with Crippen molar-refractivity contribution in [1.29, 1.82) is 0 Å². The monoisotopic (exact) mass is 851 g/mol. The van der Waals surface area contributed by atoms with E-state index in [1.807, 2.05) is 4.98 Å². The van der Waals surface area contributed by atoms with Crippen LogP contribution in [-0.4, -0.2) is 120 Å². The van der Waals surface area contributed by atoms with E-state index >= 15 is 0 Å². The van der Waals surface area contributed by atoms with E-state index in [2.05, 4.69) is 26.6 Å². The first kappa shape index (κ1) is 46.5. The number of carbonyl (C=O) groups excluding carboxylic acids is 5. The van der Waals surface area contributed by atoms with Gasteiger partial charge in [0, 0.05) is 44.8 Å². The Hall–Kier alpha value is -7.20. The van der Waals surface area contributed by atoms with Crippen molar-refractivity contribution in [3.05, 3.63) is 105 Å². The number of aliphatic carboxylic acids is 1. The minimum atomic E-state index is -1.61. The molecule has 2 unspecified atom stereocenters. The predicted octanol–water partition coefficient (Wildman–Crippen LogP) is -2.02. The third kappa shape index (κ3) is 12.9. The summed E-state index contributed by atoms with van der Waals surface area (Å²) in [6.45, 7) is 4.06. The zero-order chi connectivity index (χ0) is 45.1. The number of carboxylic acids is 1. The molecule has 1 saturated heterocycles. The Morgan fingerprint density at radius 3 is 2.05 bits per heavy atom. The fourth-order valence-electron chi connectivity index (χ4n) is 6.15. The molecule has 0 aliphatic carbocycles. The molecule has 22 heteroatoms. The fourth-order valence-corrected chi connectivity index (χ4v) is 6.15. The number of H-pyrrole nitrogens is 1. The molecule has 1 aliphatic rings. The molecule has 6 amide bonds. The van der Waals surface area contributed by atoms with E-state index in [9.17, 15) is 58.8 Å². The first-order valence-corrected chi connectivity index (χ1v) is 18.9. The number of carbonyl (C=O) groups is 6. The van der Waals surface area contributed by atoms with Gasteiger partial charge in [-0.25, -0.2) is 14.4 Å². The summed E-state index contributed by atoms with van der Waals surface area (Å²) in [5.74, 6) is -4.94. The number of phenolic OH excluding ortho intramolecular Hbond substituents is 2. The van der Waals surface area contributed by atoms with Gasteiger partial charge >= 0.3 is 17.7 Å².